The number of alkyl halides is 3. The topological polar surface area (TPSA) is 62.0 Å². The van der Waals surface area contributed by atoms with E-state index in [1.807, 2.05) is 0 Å². The minimum atomic E-state index is -4.86. The number of hydrogen-bond acceptors (Lipinski definition) is 4. The summed E-state index contributed by atoms with van der Waals surface area (Å²) >= 11 is 0. The molecule has 4 nitrogen and oxygen atoms in total. The van der Waals surface area contributed by atoms with Crippen LogP contribution in [0.4, 0.5) is 13.2 Å². The van der Waals surface area contributed by atoms with E-state index in [4.69, 9.17) is 9.84 Å². The fourth-order valence-electron chi connectivity index (χ4n) is 1.56. The van der Waals surface area contributed by atoms with Crippen molar-refractivity contribution in [2.75, 3.05) is 0 Å². The average molecular weight is 261 g/mol. The molecule has 1 aromatic carbocycles. The molecule has 18 heavy (non-hydrogen) atoms. The molecule has 0 spiro atoms. The molecule has 3 unspecified atom stereocenters. The van der Waals surface area contributed by atoms with Gasteiger partial charge in [0.15, 0.2) is 12.1 Å². The zero-order chi connectivity index (χ0) is 13.3. The minimum absolute atomic E-state index is 0.114. The van der Waals surface area contributed by atoms with Crippen molar-refractivity contribution < 1.29 is 28.1 Å². The van der Waals surface area contributed by atoms with E-state index in [0.717, 1.165) is 0 Å². The van der Waals surface area contributed by atoms with Crippen molar-refractivity contribution in [3.63, 3.8) is 0 Å². The number of aliphatic hydroxyl groups excluding tert-OH is 2. The molecule has 1 aromatic rings. The fraction of sp³-hybridized carbons (Fsp3) is 0.364. The van der Waals surface area contributed by atoms with Crippen LogP contribution in [0.15, 0.2) is 35.3 Å². The zero-order valence-electron chi connectivity index (χ0n) is 9.00. The molecule has 0 saturated heterocycles. The van der Waals surface area contributed by atoms with E-state index in [2.05, 4.69) is 4.99 Å². The molecular weight excluding hydrogens is 251 g/mol. The first-order chi connectivity index (χ1) is 8.39. The Labute approximate surface area is 100 Å². The van der Waals surface area contributed by atoms with Crippen LogP contribution in [0.3, 0.4) is 0 Å². The highest BCUT2D eigenvalue weighted by atomic mass is 19.4. The lowest BCUT2D eigenvalue weighted by molar-refractivity contribution is -0.223. The smallest absolute Gasteiger partial charge is 0.416 e. The Morgan fingerprint density at radius 3 is 2.39 bits per heavy atom. The monoisotopic (exact) mass is 261 g/mol. The summed E-state index contributed by atoms with van der Waals surface area (Å²) < 4.78 is 41.8. The SMILES string of the molecule is OC1OC(c2ccccc2)=NC1C(O)C(F)(F)F. The van der Waals surface area contributed by atoms with E-state index in [1.54, 1.807) is 30.3 Å². The Balaban J connectivity index is 2.23. The maximum absolute atomic E-state index is 12.3. The molecule has 1 aliphatic heterocycles. The predicted octanol–water partition coefficient (Wildman–Crippen LogP) is 1.07. The van der Waals surface area contributed by atoms with Crippen LogP contribution in [-0.4, -0.2) is 40.7 Å². The molecular formula is C11H10F3NO3. The van der Waals surface area contributed by atoms with Gasteiger partial charge in [0, 0.05) is 5.56 Å². The first-order valence-electron chi connectivity index (χ1n) is 5.12. The first-order valence-corrected chi connectivity index (χ1v) is 5.12. The van der Waals surface area contributed by atoms with Crippen LogP contribution in [0.2, 0.25) is 0 Å². The molecule has 2 N–H and O–H groups in total. The van der Waals surface area contributed by atoms with Gasteiger partial charge in [-0.25, -0.2) is 4.99 Å². The first kappa shape index (κ1) is 12.8. The van der Waals surface area contributed by atoms with Gasteiger partial charge in [0.25, 0.3) is 0 Å². The van der Waals surface area contributed by atoms with Gasteiger partial charge in [-0.1, -0.05) is 18.2 Å². The van der Waals surface area contributed by atoms with Crippen molar-refractivity contribution in [3.05, 3.63) is 35.9 Å². The van der Waals surface area contributed by atoms with Gasteiger partial charge in [0.05, 0.1) is 0 Å². The van der Waals surface area contributed by atoms with Gasteiger partial charge in [-0.05, 0) is 12.1 Å². The Morgan fingerprint density at radius 2 is 1.83 bits per heavy atom. The maximum Gasteiger partial charge on any atom is 0.416 e. The second-order valence-corrected chi connectivity index (χ2v) is 3.79. The molecule has 1 heterocycles. The second-order valence-electron chi connectivity index (χ2n) is 3.79. The zero-order valence-corrected chi connectivity index (χ0v) is 9.00. The Hall–Kier alpha value is -1.60. The number of halogens is 3. The van der Waals surface area contributed by atoms with Gasteiger partial charge in [0.1, 0.15) is 0 Å². The van der Waals surface area contributed by atoms with E-state index in [9.17, 15) is 18.3 Å². The summed E-state index contributed by atoms with van der Waals surface area (Å²) in [6.07, 6.45) is -9.42. The number of aliphatic imine (C=N–C) groups is 1. The number of nitrogens with zero attached hydrogens (tertiary/aromatic N) is 1. The summed E-state index contributed by atoms with van der Waals surface area (Å²) in [7, 11) is 0. The summed E-state index contributed by atoms with van der Waals surface area (Å²) in [5.41, 5.74) is 0.438. The highest BCUT2D eigenvalue weighted by molar-refractivity contribution is 5.95. The number of aliphatic hydroxyl groups is 2. The van der Waals surface area contributed by atoms with E-state index >= 15 is 0 Å². The summed E-state index contributed by atoms with van der Waals surface area (Å²) in [5, 5.41) is 18.4. The quantitative estimate of drug-likeness (QED) is 0.837. The molecule has 0 bridgehead atoms. The lowest BCUT2D eigenvalue weighted by Gasteiger charge is -2.20. The molecule has 0 amide bonds. The number of ether oxygens (including phenoxy) is 1. The molecule has 1 aliphatic rings. The summed E-state index contributed by atoms with van der Waals surface area (Å²) in [5.74, 6) is -0.114. The molecule has 0 saturated carbocycles. The molecule has 0 fully saturated rings. The molecule has 0 aromatic heterocycles. The van der Waals surface area contributed by atoms with Crippen LogP contribution in [0.1, 0.15) is 5.56 Å². The van der Waals surface area contributed by atoms with Gasteiger partial charge in [0.2, 0.25) is 12.2 Å². The van der Waals surface area contributed by atoms with Gasteiger partial charge in [-0.3, -0.25) is 0 Å². The van der Waals surface area contributed by atoms with Gasteiger partial charge in [-0.15, -0.1) is 0 Å². The normalized spacial score (nSPS) is 25.5. The average Bonchev–Trinajstić information content (AvgIpc) is 2.70. The fourth-order valence-corrected chi connectivity index (χ4v) is 1.56. The summed E-state index contributed by atoms with van der Waals surface area (Å²) in [6.45, 7) is 0. The summed E-state index contributed by atoms with van der Waals surface area (Å²) in [4.78, 5) is 3.58. The lowest BCUT2D eigenvalue weighted by atomic mass is 10.1. The lowest BCUT2D eigenvalue weighted by Crippen LogP contribution is -2.43. The van der Waals surface area contributed by atoms with E-state index in [1.165, 1.54) is 0 Å². The van der Waals surface area contributed by atoms with Crippen LogP contribution < -0.4 is 0 Å². The van der Waals surface area contributed by atoms with Crippen LogP contribution in [0.5, 0.6) is 0 Å². The van der Waals surface area contributed by atoms with Gasteiger partial charge in [-0.2, -0.15) is 13.2 Å². The number of benzene rings is 1. The molecule has 2 rings (SSSR count). The summed E-state index contributed by atoms with van der Waals surface area (Å²) in [6, 6.07) is 6.42. The minimum Gasteiger partial charge on any atom is -0.445 e. The second kappa shape index (κ2) is 4.58. The Bertz CT molecular complexity index is 447. The number of hydrogen-bond donors (Lipinski definition) is 2. The van der Waals surface area contributed by atoms with Crippen LogP contribution in [-0.2, 0) is 4.74 Å². The molecule has 0 radical (unpaired) electrons. The molecule has 98 valence electrons. The van der Waals surface area contributed by atoms with Crippen molar-refractivity contribution in [2.24, 2.45) is 4.99 Å². The van der Waals surface area contributed by atoms with Crippen molar-refractivity contribution in [3.8, 4) is 0 Å². The van der Waals surface area contributed by atoms with E-state index in [0.29, 0.717) is 5.56 Å². The van der Waals surface area contributed by atoms with Crippen molar-refractivity contribution in [1.29, 1.82) is 0 Å². The third kappa shape index (κ3) is 2.46. The highest BCUT2D eigenvalue weighted by Gasteiger charge is 2.49. The third-order valence-corrected chi connectivity index (χ3v) is 2.47. The predicted molar refractivity (Wildman–Crippen MR) is 55.9 cm³/mol. The van der Waals surface area contributed by atoms with Crippen LogP contribution >= 0.6 is 0 Å². The van der Waals surface area contributed by atoms with Gasteiger partial charge >= 0.3 is 6.18 Å². The molecule has 3 atom stereocenters. The molecule has 7 heteroatoms. The highest BCUT2D eigenvalue weighted by Crippen LogP contribution is 2.29. The maximum atomic E-state index is 12.3. The van der Waals surface area contributed by atoms with Crippen molar-refractivity contribution >= 4 is 5.90 Å². The number of rotatable bonds is 2. The van der Waals surface area contributed by atoms with Crippen LogP contribution in [0, 0.1) is 0 Å². The molecule has 0 aliphatic carbocycles. The largest absolute Gasteiger partial charge is 0.445 e. The van der Waals surface area contributed by atoms with E-state index < -0.39 is 24.6 Å². The third-order valence-electron chi connectivity index (χ3n) is 2.47. The van der Waals surface area contributed by atoms with E-state index in [-0.39, 0.29) is 5.90 Å². The standard InChI is InChI=1S/C11H10F3NO3/c12-11(13,14)8(16)7-10(17)18-9(15-7)6-4-2-1-3-5-6/h1-5,7-8,10,16-17H. The van der Waals surface area contributed by atoms with Gasteiger partial charge < -0.3 is 14.9 Å². The Kier molecular flexibility index (Phi) is 3.27. The van der Waals surface area contributed by atoms with Crippen molar-refractivity contribution in [2.45, 2.75) is 24.6 Å². The Morgan fingerprint density at radius 1 is 1.22 bits per heavy atom. The van der Waals surface area contributed by atoms with Crippen LogP contribution in [0.25, 0.3) is 0 Å². The van der Waals surface area contributed by atoms with Crippen molar-refractivity contribution in [1.82, 2.24) is 0 Å².